The van der Waals surface area contributed by atoms with Crippen molar-refractivity contribution in [3.8, 4) is 5.75 Å². The molecule has 1 aliphatic heterocycles. The molecule has 0 aliphatic carbocycles. The average Bonchev–Trinajstić information content (AvgIpc) is 2.60. The number of oxime groups is 1. The van der Waals surface area contributed by atoms with E-state index in [9.17, 15) is 9.90 Å². The third-order valence-electron chi connectivity index (χ3n) is 3.87. The summed E-state index contributed by atoms with van der Waals surface area (Å²) in [5, 5.41) is 21.1. The van der Waals surface area contributed by atoms with Crippen molar-refractivity contribution in [1.82, 2.24) is 13.0 Å². The average molecular weight is 491 g/mol. The standard InChI is InChI=1S/C18H28IN4O4/c1-18(2,3)27-17(25)23-11-10-22(13-19-23)9-5-4-6-14-7-8-16(24)15(21-14)12-20-26/h7-8,12,24,26H,4-6,9-11,13H2,1-3H3/q-1/b20-12+. The van der Waals surface area contributed by atoms with Gasteiger partial charge >= 0.3 is 171 Å². The first kappa shape index (κ1) is 21.7. The van der Waals surface area contributed by atoms with Gasteiger partial charge in [0, 0.05) is 0 Å². The van der Waals surface area contributed by atoms with E-state index in [-0.39, 0.29) is 39.0 Å². The van der Waals surface area contributed by atoms with Crippen molar-refractivity contribution in [3.63, 3.8) is 0 Å². The number of aromatic hydroxyl groups is 1. The normalized spacial score (nSPS) is 16.3. The summed E-state index contributed by atoms with van der Waals surface area (Å²) in [6, 6.07) is 3.36. The fourth-order valence-corrected chi connectivity index (χ4v) is 4.97. The zero-order valence-corrected chi connectivity index (χ0v) is 18.2. The monoisotopic (exact) mass is 491 g/mol. The van der Waals surface area contributed by atoms with Crippen LogP contribution >= 0.6 is 0 Å². The quantitative estimate of drug-likeness (QED) is 0.0809. The number of ether oxygens (including phenoxy) is 1. The number of hydrogen-bond donors (Lipinski definition) is 2. The predicted molar refractivity (Wildman–Crippen MR) is 97.6 cm³/mol. The fourth-order valence-electron chi connectivity index (χ4n) is 2.55. The molecule has 1 aromatic rings. The van der Waals surface area contributed by atoms with E-state index in [1.165, 1.54) is 0 Å². The Morgan fingerprint density at radius 1 is 1.37 bits per heavy atom. The van der Waals surface area contributed by atoms with Gasteiger partial charge in [-0.15, -0.1) is 0 Å². The number of aryl methyl sites for hydroxylation is 1. The minimum atomic E-state index is -0.441. The van der Waals surface area contributed by atoms with E-state index in [1.807, 2.05) is 23.9 Å². The molecule has 152 valence electrons. The van der Waals surface area contributed by atoms with E-state index in [1.54, 1.807) is 12.1 Å². The van der Waals surface area contributed by atoms with E-state index in [0.29, 0.717) is 0 Å². The molecule has 0 radical (unpaired) electrons. The molecular formula is C18H28IN4O4-. The number of carbonyl (C=O) groups excluding carboxylic acids is 1. The van der Waals surface area contributed by atoms with Crippen LogP contribution in [0.3, 0.4) is 0 Å². The third kappa shape index (κ3) is 7.49. The molecule has 1 aromatic heterocycles. The molecule has 0 aromatic carbocycles. The van der Waals surface area contributed by atoms with Crippen molar-refractivity contribution in [2.75, 3.05) is 24.2 Å². The van der Waals surface area contributed by atoms with Crippen molar-refractivity contribution in [2.24, 2.45) is 5.16 Å². The molecular weight excluding hydrogens is 463 g/mol. The van der Waals surface area contributed by atoms with Crippen molar-refractivity contribution < 1.29 is 41.3 Å². The van der Waals surface area contributed by atoms with Crippen LogP contribution in [0.2, 0.25) is 0 Å². The molecule has 9 heteroatoms. The molecule has 8 nitrogen and oxygen atoms in total. The molecule has 0 unspecified atom stereocenters. The van der Waals surface area contributed by atoms with E-state index in [2.05, 4.69) is 15.0 Å². The van der Waals surface area contributed by atoms with E-state index >= 15 is 0 Å². The number of carbonyl (C=O) groups is 1. The van der Waals surface area contributed by atoms with Crippen LogP contribution in [-0.2, 0) is 11.2 Å². The summed E-state index contributed by atoms with van der Waals surface area (Å²) < 4.78 is 8.29. The predicted octanol–water partition coefficient (Wildman–Crippen LogP) is -0.568. The van der Waals surface area contributed by atoms with Gasteiger partial charge in [-0.1, -0.05) is 0 Å². The van der Waals surface area contributed by atoms with Crippen LogP contribution in [0.4, 0.5) is 4.79 Å². The third-order valence-corrected chi connectivity index (χ3v) is 6.84. The number of aromatic nitrogens is 1. The van der Waals surface area contributed by atoms with E-state index < -0.39 is 5.60 Å². The number of unbranched alkanes of at least 4 members (excludes halogenated alkanes) is 1. The van der Waals surface area contributed by atoms with Gasteiger partial charge in [0.05, 0.1) is 0 Å². The Balaban J connectivity index is 1.68. The van der Waals surface area contributed by atoms with E-state index in [4.69, 9.17) is 9.94 Å². The second kappa shape index (κ2) is 10.1. The van der Waals surface area contributed by atoms with Gasteiger partial charge in [0.15, 0.2) is 0 Å². The van der Waals surface area contributed by atoms with Crippen LogP contribution in [0.5, 0.6) is 5.75 Å². The SMILES string of the molecule is CC(C)(C)OC(=O)N1CCN(CCCCc2ccc(O)c(/C=N/O)n2)C[I-]1. The minimum absolute atomic E-state index is 0.00309. The summed E-state index contributed by atoms with van der Waals surface area (Å²) >= 11 is -0.360. The van der Waals surface area contributed by atoms with Crippen LogP contribution in [0, 0.1) is 0 Å². The topological polar surface area (TPSA) is 98.5 Å². The summed E-state index contributed by atoms with van der Waals surface area (Å²) in [4.78, 5) is 18.8. The van der Waals surface area contributed by atoms with Crippen molar-refractivity contribution in [3.05, 3.63) is 23.5 Å². The molecule has 0 spiro atoms. The molecule has 1 saturated heterocycles. The van der Waals surface area contributed by atoms with Gasteiger partial charge in [-0.3, -0.25) is 0 Å². The number of alkyl halides is 1. The number of nitrogens with zero attached hydrogens (tertiary/aromatic N) is 4. The first-order valence-electron chi connectivity index (χ1n) is 8.97. The second-order valence-electron chi connectivity index (χ2n) is 7.33. The van der Waals surface area contributed by atoms with E-state index in [0.717, 1.165) is 55.4 Å². The van der Waals surface area contributed by atoms with Gasteiger partial charge in [-0.05, 0) is 0 Å². The second-order valence-corrected chi connectivity index (χ2v) is 9.86. The maximum atomic E-state index is 12.1. The molecule has 27 heavy (non-hydrogen) atoms. The molecule has 2 heterocycles. The van der Waals surface area contributed by atoms with Gasteiger partial charge in [0.1, 0.15) is 0 Å². The van der Waals surface area contributed by atoms with Crippen LogP contribution in [-0.4, -0.2) is 65.4 Å². The van der Waals surface area contributed by atoms with Gasteiger partial charge in [-0.2, -0.15) is 0 Å². The Morgan fingerprint density at radius 2 is 2.15 bits per heavy atom. The molecule has 2 N–H and O–H groups in total. The molecule has 1 amide bonds. The molecule has 0 saturated carbocycles. The number of halogens is 1. The van der Waals surface area contributed by atoms with Crippen LogP contribution in [0.15, 0.2) is 17.3 Å². The Labute approximate surface area is 170 Å². The Morgan fingerprint density at radius 3 is 2.78 bits per heavy atom. The van der Waals surface area contributed by atoms with Crippen LogP contribution < -0.4 is 21.5 Å². The molecule has 1 fully saturated rings. The van der Waals surface area contributed by atoms with Crippen LogP contribution in [0.25, 0.3) is 0 Å². The number of hydrogen-bond acceptors (Lipinski definition) is 7. The van der Waals surface area contributed by atoms with Crippen LogP contribution in [0.1, 0.15) is 45.0 Å². The summed E-state index contributed by atoms with van der Waals surface area (Å²) in [7, 11) is 0. The van der Waals surface area contributed by atoms with Crippen molar-refractivity contribution in [1.29, 1.82) is 0 Å². The first-order chi connectivity index (χ1) is 12.8. The number of rotatable bonds is 6. The maximum absolute atomic E-state index is 12.1. The Kier molecular flexibility index (Phi) is 8.08. The molecule has 1 aliphatic rings. The summed E-state index contributed by atoms with van der Waals surface area (Å²) in [6.45, 7) is 8.30. The molecule has 0 bridgehead atoms. The van der Waals surface area contributed by atoms with Gasteiger partial charge < -0.3 is 0 Å². The zero-order valence-electron chi connectivity index (χ0n) is 16.1. The van der Waals surface area contributed by atoms with Crippen molar-refractivity contribution >= 4 is 12.3 Å². The van der Waals surface area contributed by atoms with Gasteiger partial charge in [-0.25, -0.2) is 0 Å². The Hall–Kier alpha value is -1.62. The zero-order chi connectivity index (χ0) is 19.9. The summed E-state index contributed by atoms with van der Waals surface area (Å²) in [5.41, 5.74) is 0.700. The number of amides is 1. The summed E-state index contributed by atoms with van der Waals surface area (Å²) in [6.07, 6.45) is 3.78. The molecule has 2 rings (SSSR count). The number of pyridine rings is 1. The first-order valence-corrected chi connectivity index (χ1v) is 11.5. The fraction of sp³-hybridized carbons (Fsp3) is 0.611. The molecule has 0 atom stereocenters. The Bertz CT molecular complexity index is 655. The van der Waals surface area contributed by atoms with Crippen molar-refractivity contribution in [2.45, 2.75) is 45.6 Å². The van der Waals surface area contributed by atoms with Gasteiger partial charge in [0.2, 0.25) is 0 Å². The van der Waals surface area contributed by atoms with Gasteiger partial charge in [0.25, 0.3) is 0 Å². The summed E-state index contributed by atoms with van der Waals surface area (Å²) in [5.74, 6) is 0.00309.